The zero-order valence-electron chi connectivity index (χ0n) is 16.2. The number of rotatable bonds is 5. The summed E-state index contributed by atoms with van der Waals surface area (Å²) in [4.78, 5) is 27.4. The highest BCUT2D eigenvalue weighted by molar-refractivity contribution is 5.93. The Morgan fingerprint density at radius 3 is 2.61 bits per heavy atom. The molecule has 1 aliphatic heterocycles. The predicted octanol–water partition coefficient (Wildman–Crippen LogP) is 3.57. The molecule has 6 nitrogen and oxygen atoms in total. The summed E-state index contributed by atoms with van der Waals surface area (Å²) in [5, 5.41) is 3.40. The van der Waals surface area contributed by atoms with Crippen LogP contribution in [0.5, 0.6) is 0 Å². The third kappa shape index (κ3) is 3.73. The minimum atomic E-state index is -0.396. The van der Waals surface area contributed by atoms with Gasteiger partial charge in [0.25, 0.3) is 5.91 Å². The van der Waals surface area contributed by atoms with E-state index in [9.17, 15) is 9.59 Å². The van der Waals surface area contributed by atoms with Crippen molar-refractivity contribution in [2.75, 3.05) is 19.6 Å². The maximum absolute atomic E-state index is 12.7. The summed E-state index contributed by atoms with van der Waals surface area (Å²) in [5.41, 5.74) is 1.17. The molecule has 6 heteroatoms. The van der Waals surface area contributed by atoms with Crippen LogP contribution in [0.15, 0.2) is 50.0 Å². The first kappa shape index (κ1) is 18.5. The van der Waals surface area contributed by atoms with Crippen molar-refractivity contribution in [3.8, 4) is 0 Å². The lowest BCUT2D eigenvalue weighted by atomic mass is 10.1. The number of likely N-dealkylation sites (tertiary alicyclic amines) is 1. The molecule has 0 aliphatic carbocycles. The van der Waals surface area contributed by atoms with Crippen LogP contribution in [0.2, 0.25) is 0 Å². The molecule has 146 valence electrons. The summed E-state index contributed by atoms with van der Waals surface area (Å²) in [6.45, 7) is 6.17. The maximum atomic E-state index is 12.7. The van der Waals surface area contributed by atoms with Crippen molar-refractivity contribution >= 4 is 16.9 Å². The summed E-state index contributed by atoms with van der Waals surface area (Å²) in [7, 11) is 0. The molecule has 1 amide bonds. The lowest BCUT2D eigenvalue weighted by molar-refractivity contribution is 0.0906. The van der Waals surface area contributed by atoms with Gasteiger partial charge in [0.2, 0.25) is 0 Å². The molecule has 3 aromatic rings. The molecule has 2 aromatic heterocycles. The summed E-state index contributed by atoms with van der Waals surface area (Å²) in [6.07, 6.45) is 2.28. The van der Waals surface area contributed by atoms with E-state index in [0.29, 0.717) is 17.5 Å². The normalized spacial score (nSPS) is 15.8. The van der Waals surface area contributed by atoms with E-state index in [-0.39, 0.29) is 17.2 Å². The first-order chi connectivity index (χ1) is 13.5. The Morgan fingerprint density at radius 2 is 1.89 bits per heavy atom. The molecule has 1 atom stereocenters. The van der Waals surface area contributed by atoms with Gasteiger partial charge in [0.1, 0.15) is 17.1 Å². The molecule has 0 spiro atoms. The predicted molar refractivity (Wildman–Crippen MR) is 107 cm³/mol. The number of furan rings is 1. The first-order valence-corrected chi connectivity index (χ1v) is 9.64. The second-order valence-electron chi connectivity index (χ2n) is 7.39. The van der Waals surface area contributed by atoms with Gasteiger partial charge in [-0.15, -0.1) is 0 Å². The van der Waals surface area contributed by atoms with Crippen LogP contribution in [-0.4, -0.2) is 30.4 Å². The number of nitrogens with zero attached hydrogens (tertiary/aromatic N) is 1. The molecule has 0 radical (unpaired) electrons. The van der Waals surface area contributed by atoms with E-state index < -0.39 is 5.91 Å². The first-order valence-electron chi connectivity index (χ1n) is 9.64. The number of carbonyl (C=O) groups excluding carboxylic acids is 1. The van der Waals surface area contributed by atoms with Gasteiger partial charge in [-0.05, 0) is 64.0 Å². The molecule has 1 aromatic carbocycles. The number of carbonyl (C=O) groups is 1. The van der Waals surface area contributed by atoms with E-state index in [1.165, 1.54) is 6.07 Å². The Hall–Kier alpha value is -2.86. The second kappa shape index (κ2) is 7.64. The summed E-state index contributed by atoms with van der Waals surface area (Å²) in [6, 6.07) is 10.5. The van der Waals surface area contributed by atoms with Gasteiger partial charge in [0.15, 0.2) is 11.2 Å². The molecule has 28 heavy (non-hydrogen) atoms. The van der Waals surface area contributed by atoms with Crippen molar-refractivity contribution in [1.29, 1.82) is 0 Å². The molecule has 1 saturated heterocycles. The number of hydrogen-bond acceptors (Lipinski definition) is 5. The highest BCUT2D eigenvalue weighted by Gasteiger charge is 2.27. The number of hydrogen-bond donors (Lipinski definition) is 1. The highest BCUT2D eigenvalue weighted by Crippen LogP contribution is 2.26. The van der Waals surface area contributed by atoms with E-state index >= 15 is 0 Å². The van der Waals surface area contributed by atoms with Crippen molar-refractivity contribution in [2.45, 2.75) is 32.7 Å². The van der Waals surface area contributed by atoms with E-state index in [4.69, 9.17) is 8.83 Å². The third-order valence-corrected chi connectivity index (χ3v) is 5.23. The number of amides is 1. The van der Waals surface area contributed by atoms with Gasteiger partial charge in [-0.1, -0.05) is 11.6 Å². The molecule has 1 fully saturated rings. The number of fused-ring (bicyclic) bond motifs is 1. The number of nitrogens with one attached hydrogen (secondary N) is 1. The van der Waals surface area contributed by atoms with Gasteiger partial charge >= 0.3 is 0 Å². The van der Waals surface area contributed by atoms with Crippen LogP contribution in [0.3, 0.4) is 0 Å². The second-order valence-corrected chi connectivity index (χ2v) is 7.39. The summed E-state index contributed by atoms with van der Waals surface area (Å²) >= 11 is 0. The zero-order chi connectivity index (χ0) is 19.7. The highest BCUT2D eigenvalue weighted by atomic mass is 16.3. The van der Waals surface area contributed by atoms with Crippen molar-refractivity contribution in [3.05, 3.63) is 69.5 Å². The quantitative estimate of drug-likeness (QED) is 0.732. The zero-order valence-corrected chi connectivity index (χ0v) is 16.2. The van der Waals surface area contributed by atoms with Crippen LogP contribution >= 0.6 is 0 Å². The van der Waals surface area contributed by atoms with Gasteiger partial charge in [-0.25, -0.2) is 0 Å². The van der Waals surface area contributed by atoms with E-state index in [2.05, 4.69) is 10.2 Å². The molecule has 0 unspecified atom stereocenters. The SMILES string of the molecule is Cc1ccc2oc(C(=O)NC[C@@H](c3ccc(C)o3)N3CCCC3)cc(=O)c2c1. The van der Waals surface area contributed by atoms with Crippen LogP contribution in [0, 0.1) is 13.8 Å². The van der Waals surface area contributed by atoms with Crippen LogP contribution < -0.4 is 10.7 Å². The lowest BCUT2D eigenvalue weighted by Gasteiger charge is -2.26. The van der Waals surface area contributed by atoms with E-state index in [1.807, 2.05) is 32.0 Å². The van der Waals surface area contributed by atoms with Crippen LogP contribution in [-0.2, 0) is 0 Å². The molecule has 0 bridgehead atoms. The molecular weight excluding hydrogens is 356 g/mol. The third-order valence-electron chi connectivity index (χ3n) is 5.23. The van der Waals surface area contributed by atoms with Gasteiger partial charge in [0.05, 0.1) is 11.4 Å². The topological polar surface area (TPSA) is 75.7 Å². The molecule has 0 saturated carbocycles. The summed E-state index contributed by atoms with van der Waals surface area (Å²) < 4.78 is 11.5. The van der Waals surface area contributed by atoms with Crippen molar-refractivity contribution in [2.24, 2.45) is 0 Å². The molecule has 4 rings (SSSR count). The lowest BCUT2D eigenvalue weighted by Crippen LogP contribution is -2.36. The van der Waals surface area contributed by atoms with E-state index in [0.717, 1.165) is 43.0 Å². The standard InChI is InChI=1S/C22H24N2O4/c1-14-5-7-19-16(11-14)18(25)12-21(28-19)22(26)23-13-17(24-9-3-4-10-24)20-8-6-15(2)27-20/h5-8,11-12,17H,3-4,9-10,13H2,1-2H3,(H,23,26)/t17-/m0/s1. The van der Waals surface area contributed by atoms with E-state index in [1.54, 1.807) is 12.1 Å². The summed E-state index contributed by atoms with van der Waals surface area (Å²) in [5.74, 6) is 1.32. The Kier molecular flexibility index (Phi) is 5.05. The molecule has 1 aliphatic rings. The Labute approximate surface area is 163 Å². The molecule has 1 N–H and O–H groups in total. The maximum Gasteiger partial charge on any atom is 0.287 e. The van der Waals surface area contributed by atoms with Gasteiger partial charge in [-0.3, -0.25) is 14.5 Å². The Balaban J connectivity index is 1.54. The van der Waals surface area contributed by atoms with Crippen molar-refractivity contribution in [3.63, 3.8) is 0 Å². The Morgan fingerprint density at radius 1 is 1.11 bits per heavy atom. The van der Waals surface area contributed by atoms with Crippen LogP contribution in [0.1, 0.15) is 46.5 Å². The fraction of sp³-hybridized carbons (Fsp3) is 0.364. The largest absolute Gasteiger partial charge is 0.465 e. The van der Waals surface area contributed by atoms with Crippen molar-refractivity contribution in [1.82, 2.24) is 10.2 Å². The number of aryl methyl sites for hydroxylation is 2. The average molecular weight is 380 g/mol. The molecular formula is C22H24N2O4. The number of benzene rings is 1. The van der Waals surface area contributed by atoms with Gasteiger partial charge in [0, 0.05) is 12.6 Å². The molecule has 3 heterocycles. The average Bonchev–Trinajstić information content (AvgIpc) is 3.34. The van der Waals surface area contributed by atoms with Crippen molar-refractivity contribution < 1.29 is 13.6 Å². The van der Waals surface area contributed by atoms with Crippen LogP contribution in [0.4, 0.5) is 0 Å². The minimum absolute atomic E-state index is 0.0251. The van der Waals surface area contributed by atoms with Gasteiger partial charge in [-0.2, -0.15) is 0 Å². The fourth-order valence-electron chi connectivity index (χ4n) is 3.75. The van der Waals surface area contributed by atoms with Gasteiger partial charge < -0.3 is 14.2 Å². The minimum Gasteiger partial charge on any atom is -0.465 e. The smallest absolute Gasteiger partial charge is 0.287 e. The fourth-order valence-corrected chi connectivity index (χ4v) is 3.75. The Bertz CT molecular complexity index is 1060. The monoisotopic (exact) mass is 380 g/mol. The van der Waals surface area contributed by atoms with Crippen LogP contribution in [0.25, 0.3) is 11.0 Å².